The fourth-order valence-electron chi connectivity index (χ4n) is 2.18. The van der Waals surface area contributed by atoms with Crippen LogP contribution in [0.5, 0.6) is 0 Å². The van der Waals surface area contributed by atoms with Crippen molar-refractivity contribution < 1.29 is 4.79 Å². The maximum atomic E-state index is 12.0. The van der Waals surface area contributed by atoms with Crippen LogP contribution in [0.25, 0.3) is 0 Å². The molecule has 0 radical (unpaired) electrons. The Hall–Kier alpha value is -1.58. The number of urea groups is 1. The Morgan fingerprint density at radius 3 is 2.94 bits per heavy atom. The molecule has 0 aliphatic carbocycles. The van der Waals surface area contributed by atoms with E-state index in [9.17, 15) is 4.79 Å². The Morgan fingerprint density at radius 1 is 1.56 bits per heavy atom. The van der Waals surface area contributed by atoms with E-state index in [4.69, 9.17) is 0 Å². The van der Waals surface area contributed by atoms with Crippen molar-refractivity contribution in [3.63, 3.8) is 0 Å². The summed E-state index contributed by atoms with van der Waals surface area (Å²) in [6, 6.07) is 3.90. The lowest BCUT2D eigenvalue weighted by Gasteiger charge is -2.17. The summed E-state index contributed by atoms with van der Waals surface area (Å²) in [5, 5.41) is 2.88. The molecular formula is C14H21N3O. The number of pyridine rings is 1. The molecule has 0 spiro atoms. The van der Waals surface area contributed by atoms with Crippen LogP contribution >= 0.6 is 0 Å². The van der Waals surface area contributed by atoms with E-state index >= 15 is 0 Å². The number of amides is 2. The molecule has 1 aromatic heterocycles. The van der Waals surface area contributed by atoms with Crippen LogP contribution < -0.4 is 5.32 Å². The highest BCUT2D eigenvalue weighted by Crippen LogP contribution is 2.18. The largest absolute Gasteiger partial charge is 0.324 e. The molecule has 1 atom stereocenters. The Labute approximate surface area is 108 Å². The fourth-order valence-corrected chi connectivity index (χ4v) is 2.18. The third-order valence-electron chi connectivity index (χ3n) is 3.40. The fraction of sp³-hybridized carbons (Fsp3) is 0.571. The topological polar surface area (TPSA) is 45.2 Å². The van der Waals surface area contributed by atoms with Crippen LogP contribution in [0.4, 0.5) is 10.6 Å². The first-order valence-electron chi connectivity index (χ1n) is 6.58. The second kappa shape index (κ2) is 5.38. The molecule has 0 bridgehead atoms. The second-order valence-corrected chi connectivity index (χ2v) is 5.40. The summed E-state index contributed by atoms with van der Waals surface area (Å²) < 4.78 is 0. The number of nitrogens with zero attached hydrogens (tertiary/aromatic N) is 2. The highest BCUT2D eigenvalue weighted by Gasteiger charge is 2.23. The third-order valence-corrected chi connectivity index (χ3v) is 3.40. The molecule has 0 aromatic carbocycles. The lowest BCUT2D eigenvalue weighted by molar-refractivity contribution is 0.221. The van der Waals surface area contributed by atoms with Gasteiger partial charge in [0, 0.05) is 19.3 Å². The van der Waals surface area contributed by atoms with E-state index in [1.54, 1.807) is 6.20 Å². The minimum atomic E-state index is -0.0345. The lowest BCUT2D eigenvalue weighted by Crippen LogP contribution is -2.33. The van der Waals surface area contributed by atoms with Gasteiger partial charge in [0.2, 0.25) is 0 Å². The van der Waals surface area contributed by atoms with Gasteiger partial charge in [0.15, 0.2) is 0 Å². The molecule has 2 rings (SSSR count). The number of hydrogen-bond donors (Lipinski definition) is 1. The molecule has 98 valence electrons. The Kier molecular flexibility index (Phi) is 3.84. The standard InChI is InChI=1S/C14H21N3O/c1-10(2)12-4-6-15-13(8-12)16-14(18)17-7-5-11(3)9-17/h4,6,8,10-11H,5,7,9H2,1-3H3,(H,15,16,18). The maximum Gasteiger partial charge on any atom is 0.323 e. The molecule has 1 fully saturated rings. The second-order valence-electron chi connectivity index (χ2n) is 5.40. The van der Waals surface area contributed by atoms with Crippen LogP contribution in [-0.2, 0) is 0 Å². The van der Waals surface area contributed by atoms with E-state index < -0.39 is 0 Å². The number of aromatic nitrogens is 1. The van der Waals surface area contributed by atoms with Gasteiger partial charge in [-0.2, -0.15) is 0 Å². The summed E-state index contributed by atoms with van der Waals surface area (Å²) in [7, 11) is 0. The van der Waals surface area contributed by atoms with Crippen LogP contribution in [0.3, 0.4) is 0 Å². The predicted molar refractivity (Wildman–Crippen MR) is 72.7 cm³/mol. The van der Waals surface area contributed by atoms with Gasteiger partial charge in [-0.25, -0.2) is 9.78 Å². The van der Waals surface area contributed by atoms with Crippen LogP contribution in [0.2, 0.25) is 0 Å². The summed E-state index contributed by atoms with van der Waals surface area (Å²) in [6.07, 6.45) is 2.84. The SMILES string of the molecule is CC1CCN(C(=O)Nc2cc(C(C)C)ccn2)C1. The number of carbonyl (C=O) groups excluding carboxylic acids is 1. The van der Waals surface area contributed by atoms with Gasteiger partial charge >= 0.3 is 6.03 Å². The van der Waals surface area contributed by atoms with Crippen LogP contribution in [0.15, 0.2) is 18.3 Å². The molecule has 4 nitrogen and oxygen atoms in total. The smallest absolute Gasteiger partial charge is 0.323 e. The first kappa shape index (κ1) is 12.9. The number of rotatable bonds is 2. The molecule has 0 saturated carbocycles. The zero-order chi connectivity index (χ0) is 13.1. The monoisotopic (exact) mass is 247 g/mol. The van der Waals surface area contributed by atoms with Crippen LogP contribution in [0.1, 0.15) is 38.7 Å². The van der Waals surface area contributed by atoms with E-state index in [1.807, 2.05) is 17.0 Å². The molecule has 18 heavy (non-hydrogen) atoms. The van der Waals surface area contributed by atoms with Gasteiger partial charge in [-0.3, -0.25) is 5.32 Å². The van der Waals surface area contributed by atoms with Crippen molar-refractivity contribution in [2.75, 3.05) is 18.4 Å². The predicted octanol–water partition coefficient (Wildman–Crippen LogP) is 3.08. The third kappa shape index (κ3) is 3.00. The van der Waals surface area contributed by atoms with E-state index in [0.717, 1.165) is 19.5 Å². The first-order valence-corrected chi connectivity index (χ1v) is 6.58. The summed E-state index contributed by atoms with van der Waals surface area (Å²) in [6.45, 7) is 8.11. The van der Waals surface area contributed by atoms with Gasteiger partial charge in [0.25, 0.3) is 0 Å². The average Bonchev–Trinajstić information content (AvgIpc) is 2.76. The van der Waals surface area contributed by atoms with Crippen molar-refractivity contribution in [3.05, 3.63) is 23.9 Å². The van der Waals surface area contributed by atoms with E-state index in [2.05, 4.69) is 31.1 Å². The van der Waals surface area contributed by atoms with Crippen molar-refractivity contribution in [1.29, 1.82) is 0 Å². The summed E-state index contributed by atoms with van der Waals surface area (Å²) in [5.41, 5.74) is 1.19. The zero-order valence-electron chi connectivity index (χ0n) is 11.3. The quantitative estimate of drug-likeness (QED) is 0.873. The summed E-state index contributed by atoms with van der Waals surface area (Å²) >= 11 is 0. The van der Waals surface area contributed by atoms with Gasteiger partial charge in [0.1, 0.15) is 5.82 Å². The maximum absolute atomic E-state index is 12.0. The molecular weight excluding hydrogens is 226 g/mol. The summed E-state index contributed by atoms with van der Waals surface area (Å²) in [5.74, 6) is 1.69. The highest BCUT2D eigenvalue weighted by atomic mass is 16.2. The number of likely N-dealkylation sites (tertiary alicyclic amines) is 1. The average molecular weight is 247 g/mol. The molecule has 1 N–H and O–H groups in total. The number of anilines is 1. The number of hydrogen-bond acceptors (Lipinski definition) is 2. The van der Waals surface area contributed by atoms with Gasteiger partial charge in [-0.1, -0.05) is 20.8 Å². The van der Waals surface area contributed by atoms with Crippen molar-refractivity contribution in [2.45, 2.75) is 33.1 Å². The highest BCUT2D eigenvalue weighted by molar-refractivity contribution is 5.88. The normalized spacial score (nSPS) is 19.3. The first-order chi connectivity index (χ1) is 8.56. The van der Waals surface area contributed by atoms with Crippen molar-refractivity contribution >= 4 is 11.8 Å². The van der Waals surface area contributed by atoms with Gasteiger partial charge < -0.3 is 4.90 Å². The molecule has 2 heterocycles. The summed E-state index contributed by atoms with van der Waals surface area (Å²) in [4.78, 5) is 18.1. The van der Waals surface area contributed by atoms with Crippen molar-refractivity contribution in [1.82, 2.24) is 9.88 Å². The van der Waals surface area contributed by atoms with Gasteiger partial charge in [0.05, 0.1) is 0 Å². The molecule has 2 amide bonds. The Morgan fingerprint density at radius 2 is 2.33 bits per heavy atom. The molecule has 1 unspecified atom stereocenters. The van der Waals surface area contributed by atoms with Crippen molar-refractivity contribution in [2.24, 2.45) is 5.92 Å². The van der Waals surface area contributed by atoms with Crippen molar-refractivity contribution in [3.8, 4) is 0 Å². The molecule has 1 aliphatic heterocycles. The molecule has 1 saturated heterocycles. The van der Waals surface area contributed by atoms with E-state index in [0.29, 0.717) is 17.7 Å². The van der Waals surface area contributed by atoms with E-state index in [-0.39, 0.29) is 6.03 Å². The molecule has 4 heteroatoms. The zero-order valence-corrected chi connectivity index (χ0v) is 11.3. The molecule has 1 aromatic rings. The lowest BCUT2D eigenvalue weighted by atomic mass is 10.1. The van der Waals surface area contributed by atoms with Gasteiger partial charge in [-0.15, -0.1) is 0 Å². The van der Waals surface area contributed by atoms with Crippen LogP contribution in [-0.4, -0.2) is 29.0 Å². The Balaban J connectivity index is 2.00. The number of carbonyl (C=O) groups is 1. The minimum Gasteiger partial charge on any atom is -0.324 e. The van der Waals surface area contributed by atoms with E-state index in [1.165, 1.54) is 5.56 Å². The number of nitrogens with one attached hydrogen (secondary N) is 1. The minimum absolute atomic E-state index is 0.0345. The molecule has 1 aliphatic rings. The van der Waals surface area contributed by atoms with Crippen LogP contribution in [0, 0.1) is 5.92 Å². The van der Waals surface area contributed by atoms with Gasteiger partial charge in [-0.05, 0) is 36.0 Å². The Bertz CT molecular complexity index is 431.